The van der Waals surface area contributed by atoms with Crippen LogP contribution in [0.2, 0.25) is 0 Å². The van der Waals surface area contributed by atoms with Gasteiger partial charge in [-0.3, -0.25) is 9.69 Å². The molecule has 0 aliphatic carbocycles. The van der Waals surface area contributed by atoms with Crippen LogP contribution >= 0.6 is 0 Å². The number of hydrogen-bond donors (Lipinski definition) is 1. The van der Waals surface area contributed by atoms with Crippen molar-refractivity contribution in [2.75, 3.05) is 32.7 Å². The van der Waals surface area contributed by atoms with Crippen LogP contribution in [0.3, 0.4) is 0 Å². The van der Waals surface area contributed by atoms with Crippen molar-refractivity contribution < 1.29 is 23.1 Å². The zero-order chi connectivity index (χ0) is 18.1. The van der Waals surface area contributed by atoms with Gasteiger partial charge >= 0.3 is 0 Å². The van der Waals surface area contributed by atoms with Gasteiger partial charge in [-0.05, 0) is 24.1 Å². The van der Waals surface area contributed by atoms with Crippen LogP contribution in [-0.2, 0) is 11.2 Å². The number of carbonyl (C=O) groups is 1. The number of likely N-dealkylation sites (tertiary alicyclic amines) is 2. The standard InChI is InChI=1S/C18H23F3N2O2/c19-15-3-1-14(2-4-15)11-16(24)23-10-5-17(25,13-23)12-22-8-6-18(20,21)7-9-22/h1-4,25H,5-13H2/t17-/m1/s1. The summed E-state index contributed by atoms with van der Waals surface area (Å²) in [5.74, 6) is -3.07. The highest BCUT2D eigenvalue weighted by atomic mass is 19.3. The van der Waals surface area contributed by atoms with Crippen molar-refractivity contribution >= 4 is 5.91 Å². The summed E-state index contributed by atoms with van der Waals surface area (Å²) in [4.78, 5) is 15.8. The van der Waals surface area contributed by atoms with Gasteiger partial charge in [0, 0.05) is 39.0 Å². The third-order valence-electron chi connectivity index (χ3n) is 5.06. The molecule has 0 spiro atoms. The Morgan fingerprint density at radius 1 is 1.08 bits per heavy atom. The Hall–Kier alpha value is -1.60. The Bertz CT molecular complexity index is 613. The minimum absolute atomic E-state index is 0.118. The van der Waals surface area contributed by atoms with Crippen LogP contribution in [0.5, 0.6) is 0 Å². The Morgan fingerprint density at radius 3 is 2.36 bits per heavy atom. The number of benzene rings is 1. The molecule has 0 radical (unpaired) electrons. The van der Waals surface area contributed by atoms with E-state index < -0.39 is 11.5 Å². The Morgan fingerprint density at radius 2 is 1.72 bits per heavy atom. The fourth-order valence-corrected chi connectivity index (χ4v) is 3.54. The van der Waals surface area contributed by atoms with E-state index in [9.17, 15) is 23.1 Å². The van der Waals surface area contributed by atoms with Gasteiger partial charge in [-0.25, -0.2) is 13.2 Å². The summed E-state index contributed by atoms with van der Waals surface area (Å²) in [5.41, 5.74) is -0.328. The predicted octanol–water partition coefficient (Wildman–Crippen LogP) is 2.06. The number of alkyl halides is 2. The van der Waals surface area contributed by atoms with Crippen molar-refractivity contribution in [1.82, 2.24) is 9.80 Å². The van der Waals surface area contributed by atoms with E-state index in [0.717, 1.165) is 5.56 Å². The number of rotatable bonds is 4. The van der Waals surface area contributed by atoms with Crippen LogP contribution < -0.4 is 0 Å². The van der Waals surface area contributed by atoms with Crippen molar-refractivity contribution in [1.29, 1.82) is 0 Å². The Labute approximate surface area is 145 Å². The highest BCUT2D eigenvalue weighted by molar-refractivity contribution is 5.79. The smallest absolute Gasteiger partial charge is 0.250 e. The second-order valence-electron chi connectivity index (χ2n) is 7.22. The topological polar surface area (TPSA) is 43.8 Å². The molecular formula is C18H23F3N2O2. The molecule has 1 aromatic rings. The van der Waals surface area contributed by atoms with Crippen LogP contribution in [0.1, 0.15) is 24.8 Å². The zero-order valence-electron chi connectivity index (χ0n) is 14.1. The maximum absolute atomic E-state index is 13.2. The second kappa shape index (κ2) is 6.96. The van der Waals surface area contributed by atoms with E-state index in [0.29, 0.717) is 19.5 Å². The minimum Gasteiger partial charge on any atom is -0.387 e. The number of hydrogen-bond acceptors (Lipinski definition) is 3. The van der Waals surface area contributed by atoms with Crippen molar-refractivity contribution in [3.63, 3.8) is 0 Å². The summed E-state index contributed by atoms with van der Waals surface area (Å²) in [7, 11) is 0. The molecule has 2 aliphatic heterocycles. The van der Waals surface area contributed by atoms with Gasteiger partial charge < -0.3 is 10.0 Å². The SMILES string of the molecule is O=C(Cc1ccc(F)cc1)N1CC[C@@](O)(CN2CCC(F)(F)CC2)C1. The zero-order valence-corrected chi connectivity index (χ0v) is 14.1. The largest absolute Gasteiger partial charge is 0.387 e. The van der Waals surface area contributed by atoms with Crippen LogP contribution in [0.15, 0.2) is 24.3 Å². The van der Waals surface area contributed by atoms with Gasteiger partial charge in [0.15, 0.2) is 0 Å². The average Bonchev–Trinajstić information content (AvgIpc) is 2.94. The van der Waals surface area contributed by atoms with Gasteiger partial charge in [-0.15, -0.1) is 0 Å². The molecule has 4 nitrogen and oxygen atoms in total. The number of carbonyl (C=O) groups excluding carboxylic acids is 1. The number of piperidine rings is 1. The van der Waals surface area contributed by atoms with Gasteiger partial charge in [0.05, 0.1) is 18.6 Å². The molecule has 138 valence electrons. The number of amides is 1. The quantitative estimate of drug-likeness (QED) is 0.898. The molecule has 2 aliphatic rings. The van der Waals surface area contributed by atoms with Crippen molar-refractivity contribution in [3.05, 3.63) is 35.6 Å². The fourth-order valence-electron chi connectivity index (χ4n) is 3.54. The number of halogens is 3. The molecule has 2 fully saturated rings. The van der Waals surface area contributed by atoms with Crippen molar-refractivity contribution in [2.24, 2.45) is 0 Å². The molecule has 1 amide bonds. The maximum atomic E-state index is 13.2. The minimum atomic E-state index is -2.61. The van der Waals surface area contributed by atoms with Crippen LogP contribution in [-0.4, -0.2) is 65.1 Å². The van der Waals surface area contributed by atoms with E-state index in [1.54, 1.807) is 17.0 Å². The lowest BCUT2D eigenvalue weighted by molar-refractivity contribution is -0.130. The summed E-state index contributed by atoms with van der Waals surface area (Å²) in [6.45, 7) is 1.49. The Balaban J connectivity index is 1.51. The van der Waals surface area contributed by atoms with Gasteiger partial charge in [-0.2, -0.15) is 0 Å². The third-order valence-corrected chi connectivity index (χ3v) is 5.06. The molecule has 7 heteroatoms. The summed E-state index contributed by atoms with van der Waals surface area (Å²) < 4.78 is 39.4. The molecule has 0 unspecified atom stereocenters. The Kier molecular flexibility index (Phi) is 5.06. The summed E-state index contributed by atoms with van der Waals surface area (Å²) in [5, 5.41) is 10.7. The van der Waals surface area contributed by atoms with E-state index in [4.69, 9.17) is 0 Å². The number of nitrogens with zero attached hydrogens (tertiary/aromatic N) is 2. The van der Waals surface area contributed by atoms with Gasteiger partial charge in [0.2, 0.25) is 5.91 Å². The fraction of sp³-hybridized carbons (Fsp3) is 0.611. The highest BCUT2D eigenvalue weighted by Crippen LogP contribution is 2.30. The first-order valence-corrected chi connectivity index (χ1v) is 8.60. The van der Waals surface area contributed by atoms with E-state index in [-0.39, 0.29) is 50.6 Å². The molecule has 1 atom stereocenters. The molecule has 1 N–H and O–H groups in total. The lowest BCUT2D eigenvalue weighted by Gasteiger charge is -2.36. The maximum Gasteiger partial charge on any atom is 0.250 e. The molecule has 25 heavy (non-hydrogen) atoms. The van der Waals surface area contributed by atoms with E-state index >= 15 is 0 Å². The van der Waals surface area contributed by atoms with Crippen molar-refractivity contribution in [3.8, 4) is 0 Å². The lowest BCUT2D eigenvalue weighted by atomic mass is 10.00. The summed E-state index contributed by atoms with van der Waals surface area (Å²) in [6.07, 6.45) is 0.230. The second-order valence-corrected chi connectivity index (χ2v) is 7.22. The molecule has 1 aromatic carbocycles. The molecule has 0 saturated carbocycles. The van der Waals surface area contributed by atoms with Crippen LogP contribution in [0.25, 0.3) is 0 Å². The predicted molar refractivity (Wildman–Crippen MR) is 86.9 cm³/mol. The summed E-state index contributed by atoms with van der Waals surface area (Å²) >= 11 is 0. The first kappa shape index (κ1) is 18.2. The molecule has 2 saturated heterocycles. The van der Waals surface area contributed by atoms with E-state index in [1.165, 1.54) is 12.1 Å². The monoisotopic (exact) mass is 356 g/mol. The van der Waals surface area contributed by atoms with E-state index in [1.807, 2.05) is 4.90 Å². The molecule has 0 aromatic heterocycles. The average molecular weight is 356 g/mol. The molecule has 0 bridgehead atoms. The molecule has 3 rings (SSSR count). The third kappa shape index (κ3) is 4.73. The van der Waals surface area contributed by atoms with Crippen LogP contribution in [0, 0.1) is 5.82 Å². The molecule has 2 heterocycles. The van der Waals surface area contributed by atoms with Crippen molar-refractivity contribution in [2.45, 2.75) is 37.2 Å². The van der Waals surface area contributed by atoms with Gasteiger partial charge in [0.25, 0.3) is 5.92 Å². The number of aliphatic hydroxyl groups is 1. The lowest BCUT2D eigenvalue weighted by Crippen LogP contribution is -2.49. The molecular weight excluding hydrogens is 333 g/mol. The number of β-amino-alcohol motifs (C(OH)–C–C–N with tert-alkyl or cyclic N) is 1. The summed E-state index contributed by atoms with van der Waals surface area (Å²) in [6, 6.07) is 5.77. The van der Waals surface area contributed by atoms with Crippen LogP contribution in [0.4, 0.5) is 13.2 Å². The first-order chi connectivity index (χ1) is 11.7. The normalized spacial score (nSPS) is 26.8. The van der Waals surface area contributed by atoms with Gasteiger partial charge in [-0.1, -0.05) is 12.1 Å². The highest BCUT2D eigenvalue weighted by Gasteiger charge is 2.41. The first-order valence-electron chi connectivity index (χ1n) is 8.60. The van der Waals surface area contributed by atoms with Gasteiger partial charge in [0.1, 0.15) is 5.82 Å². The van der Waals surface area contributed by atoms with E-state index in [2.05, 4.69) is 0 Å².